The smallest absolute Gasteiger partial charge is 0.315 e. The molecule has 0 fully saturated rings. The Morgan fingerprint density at radius 1 is 1.62 bits per heavy atom. The summed E-state index contributed by atoms with van der Waals surface area (Å²) in [6, 6.07) is 1.92. The lowest BCUT2D eigenvalue weighted by atomic mass is 9.91. The van der Waals surface area contributed by atoms with Crippen LogP contribution in [0.4, 0.5) is 5.13 Å². The summed E-state index contributed by atoms with van der Waals surface area (Å²) in [4.78, 5) is 17.8. The molecule has 112 valence electrons. The molecule has 0 spiro atoms. The summed E-state index contributed by atoms with van der Waals surface area (Å²) in [5.74, 6) is -0.348. The zero-order valence-electron chi connectivity index (χ0n) is 11.9. The van der Waals surface area contributed by atoms with Crippen molar-refractivity contribution in [3.8, 4) is 0 Å². The molecule has 0 saturated heterocycles. The molecular weight excluding hydrogens is 288 g/mol. The molecule has 0 amide bonds. The van der Waals surface area contributed by atoms with Crippen molar-refractivity contribution >= 4 is 22.4 Å². The highest BCUT2D eigenvalue weighted by atomic mass is 32.1. The predicted octanol–water partition coefficient (Wildman–Crippen LogP) is 3.33. The lowest BCUT2D eigenvalue weighted by Gasteiger charge is -2.19. The number of carbonyl (C=O) groups excluding carboxylic acids is 1. The van der Waals surface area contributed by atoms with Gasteiger partial charge in [-0.1, -0.05) is 0 Å². The standard InChI is InChI=1S/C15H18N2O3S/c1-2-20-14(18)11-4-3-5-12-13(11)17-15(21-12)16-8-10-6-7-19-9-10/h6-7,9,11H,2-5,8H2,1H3,(H,16,17). The summed E-state index contributed by atoms with van der Waals surface area (Å²) in [7, 11) is 0. The Kier molecular flexibility index (Phi) is 4.24. The lowest BCUT2D eigenvalue weighted by molar-refractivity contribution is -0.145. The van der Waals surface area contributed by atoms with Gasteiger partial charge >= 0.3 is 5.97 Å². The molecule has 2 heterocycles. The quantitative estimate of drug-likeness (QED) is 0.858. The van der Waals surface area contributed by atoms with Crippen molar-refractivity contribution in [3.63, 3.8) is 0 Å². The van der Waals surface area contributed by atoms with Gasteiger partial charge in [0.05, 0.1) is 24.8 Å². The van der Waals surface area contributed by atoms with Crippen molar-refractivity contribution < 1.29 is 13.9 Å². The second-order valence-corrected chi connectivity index (χ2v) is 6.09. The normalized spacial score (nSPS) is 17.3. The van der Waals surface area contributed by atoms with Gasteiger partial charge in [-0.05, 0) is 32.3 Å². The molecule has 2 aromatic rings. The minimum absolute atomic E-state index is 0.148. The molecule has 21 heavy (non-hydrogen) atoms. The molecule has 1 unspecified atom stereocenters. The van der Waals surface area contributed by atoms with E-state index in [1.54, 1.807) is 23.9 Å². The fourth-order valence-electron chi connectivity index (χ4n) is 2.54. The predicted molar refractivity (Wildman–Crippen MR) is 80.5 cm³/mol. The molecule has 0 radical (unpaired) electrons. The first-order valence-corrected chi connectivity index (χ1v) is 8.00. The highest BCUT2D eigenvalue weighted by molar-refractivity contribution is 7.15. The van der Waals surface area contributed by atoms with Gasteiger partial charge in [0.15, 0.2) is 5.13 Å². The van der Waals surface area contributed by atoms with E-state index in [9.17, 15) is 4.79 Å². The summed E-state index contributed by atoms with van der Waals surface area (Å²) in [6.07, 6.45) is 6.20. The Morgan fingerprint density at radius 2 is 2.52 bits per heavy atom. The summed E-state index contributed by atoms with van der Waals surface area (Å²) in [6.45, 7) is 2.92. The van der Waals surface area contributed by atoms with Crippen LogP contribution < -0.4 is 5.32 Å². The third-order valence-corrected chi connectivity index (χ3v) is 4.64. The van der Waals surface area contributed by atoms with Crippen LogP contribution >= 0.6 is 11.3 Å². The first-order chi connectivity index (χ1) is 10.3. The number of rotatable bonds is 5. The van der Waals surface area contributed by atoms with Crippen LogP contribution in [0.1, 0.15) is 41.8 Å². The van der Waals surface area contributed by atoms with Crippen molar-refractivity contribution in [2.24, 2.45) is 0 Å². The summed E-state index contributed by atoms with van der Waals surface area (Å²) >= 11 is 1.64. The van der Waals surface area contributed by atoms with Gasteiger partial charge in [-0.25, -0.2) is 4.98 Å². The van der Waals surface area contributed by atoms with E-state index < -0.39 is 0 Å². The molecule has 0 saturated carbocycles. The topological polar surface area (TPSA) is 64.4 Å². The number of aryl methyl sites for hydroxylation is 1. The van der Waals surface area contributed by atoms with Crippen LogP contribution in [-0.4, -0.2) is 17.6 Å². The fraction of sp³-hybridized carbons (Fsp3) is 0.467. The Balaban J connectivity index is 1.73. The van der Waals surface area contributed by atoms with Crippen molar-refractivity contribution in [1.29, 1.82) is 0 Å². The van der Waals surface area contributed by atoms with Crippen LogP contribution in [-0.2, 0) is 22.5 Å². The number of hydrogen-bond acceptors (Lipinski definition) is 6. The van der Waals surface area contributed by atoms with E-state index >= 15 is 0 Å². The van der Waals surface area contributed by atoms with Gasteiger partial charge in [-0.3, -0.25) is 4.79 Å². The molecule has 1 aliphatic carbocycles. The Bertz CT molecular complexity index is 606. The van der Waals surface area contributed by atoms with Crippen LogP contribution in [0.25, 0.3) is 0 Å². The lowest BCUT2D eigenvalue weighted by Crippen LogP contribution is -2.20. The van der Waals surface area contributed by atoms with Crippen LogP contribution in [0, 0.1) is 0 Å². The van der Waals surface area contributed by atoms with Gasteiger partial charge in [-0.2, -0.15) is 0 Å². The molecule has 1 aliphatic rings. The molecule has 2 aromatic heterocycles. The molecule has 1 N–H and O–H groups in total. The molecule has 3 rings (SSSR count). The summed E-state index contributed by atoms with van der Waals surface area (Å²) in [5, 5.41) is 4.15. The number of aromatic nitrogens is 1. The highest BCUT2D eigenvalue weighted by Crippen LogP contribution is 2.37. The molecule has 1 atom stereocenters. The fourth-order valence-corrected chi connectivity index (χ4v) is 3.60. The van der Waals surface area contributed by atoms with Gasteiger partial charge < -0.3 is 14.5 Å². The molecule has 0 aliphatic heterocycles. The summed E-state index contributed by atoms with van der Waals surface area (Å²) in [5.41, 5.74) is 1.98. The number of ether oxygens (including phenoxy) is 1. The van der Waals surface area contributed by atoms with E-state index in [1.807, 2.05) is 13.0 Å². The highest BCUT2D eigenvalue weighted by Gasteiger charge is 2.31. The zero-order valence-corrected chi connectivity index (χ0v) is 12.7. The van der Waals surface area contributed by atoms with Crippen molar-refractivity contribution in [2.75, 3.05) is 11.9 Å². The maximum Gasteiger partial charge on any atom is 0.315 e. The number of nitrogens with zero attached hydrogens (tertiary/aromatic N) is 1. The third kappa shape index (κ3) is 3.10. The van der Waals surface area contributed by atoms with Crippen molar-refractivity contribution in [3.05, 3.63) is 34.7 Å². The summed E-state index contributed by atoms with van der Waals surface area (Å²) < 4.78 is 10.2. The zero-order chi connectivity index (χ0) is 14.7. The third-order valence-electron chi connectivity index (χ3n) is 3.55. The van der Waals surface area contributed by atoms with Crippen LogP contribution in [0.5, 0.6) is 0 Å². The minimum Gasteiger partial charge on any atom is -0.472 e. The maximum absolute atomic E-state index is 12.0. The number of furan rings is 1. The largest absolute Gasteiger partial charge is 0.472 e. The van der Waals surface area contributed by atoms with E-state index in [-0.39, 0.29) is 11.9 Å². The van der Waals surface area contributed by atoms with Crippen LogP contribution in [0.3, 0.4) is 0 Å². The average molecular weight is 306 g/mol. The van der Waals surface area contributed by atoms with E-state index in [0.717, 1.165) is 35.7 Å². The van der Waals surface area contributed by atoms with Crippen LogP contribution in [0.15, 0.2) is 23.0 Å². The number of fused-ring (bicyclic) bond motifs is 1. The van der Waals surface area contributed by atoms with Crippen LogP contribution in [0.2, 0.25) is 0 Å². The van der Waals surface area contributed by atoms with Gasteiger partial charge in [0, 0.05) is 17.0 Å². The monoisotopic (exact) mass is 306 g/mol. The van der Waals surface area contributed by atoms with E-state index in [1.165, 1.54) is 4.88 Å². The Labute approximate surface area is 127 Å². The maximum atomic E-state index is 12.0. The van der Waals surface area contributed by atoms with E-state index in [2.05, 4.69) is 10.3 Å². The number of anilines is 1. The Morgan fingerprint density at radius 3 is 3.29 bits per heavy atom. The first-order valence-electron chi connectivity index (χ1n) is 7.19. The number of hydrogen-bond donors (Lipinski definition) is 1. The number of carbonyl (C=O) groups is 1. The van der Waals surface area contributed by atoms with E-state index in [0.29, 0.717) is 13.2 Å². The number of thiazole rings is 1. The minimum atomic E-state index is -0.200. The second-order valence-electron chi connectivity index (χ2n) is 5.01. The van der Waals surface area contributed by atoms with Gasteiger partial charge in [-0.15, -0.1) is 11.3 Å². The average Bonchev–Trinajstić information content (AvgIpc) is 3.13. The van der Waals surface area contributed by atoms with E-state index in [4.69, 9.17) is 9.15 Å². The molecule has 0 aromatic carbocycles. The van der Waals surface area contributed by atoms with Gasteiger partial charge in [0.2, 0.25) is 0 Å². The molecule has 0 bridgehead atoms. The Hall–Kier alpha value is -1.82. The van der Waals surface area contributed by atoms with Gasteiger partial charge in [0.1, 0.15) is 5.92 Å². The number of esters is 1. The second kappa shape index (κ2) is 6.30. The molecule has 6 heteroatoms. The first kappa shape index (κ1) is 14.1. The van der Waals surface area contributed by atoms with Gasteiger partial charge in [0.25, 0.3) is 0 Å². The number of nitrogens with one attached hydrogen (secondary N) is 1. The van der Waals surface area contributed by atoms with Crippen molar-refractivity contribution in [2.45, 2.75) is 38.6 Å². The molecular formula is C15H18N2O3S. The SMILES string of the molecule is CCOC(=O)C1CCCc2sc(NCc3ccoc3)nc21. The molecule has 5 nitrogen and oxygen atoms in total. The van der Waals surface area contributed by atoms with Crippen molar-refractivity contribution in [1.82, 2.24) is 4.98 Å².